The number of hydrogen-bond donors (Lipinski definition) is 0. The number of aliphatic imine (C=N–C) groups is 1. The Morgan fingerprint density at radius 2 is 2.10 bits per heavy atom. The van der Waals surface area contributed by atoms with Crippen molar-refractivity contribution in [3.8, 4) is 0 Å². The van der Waals surface area contributed by atoms with E-state index in [-0.39, 0.29) is 0 Å². The molecule has 1 unspecified atom stereocenters. The normalized spacial score (nSPS) is 15.1. The van der Waals surface area contributed by atoms with Gasteiger partial charge in [-0.25, -0.2) is 0 Å². The molecule has 0 radical (unpaired) electrons. The van der Waals surface area contributed by atoms with Gasteiger partial charge in [-0.05, 0) is 32.9 Å². The van der Waals surface area contributed by atoms with Crippen LogP contribution < -0.4 is 0 Å². The predicted molar refractivity (Wildman–Crippen MR) is 47.7 cm³/mol. The Kier molecular flexibility index (Phi) is 6.14. The first-order valence-corrected chi connectivity index (χ1v) is 3.94. The third-order valence-corrected chi connectivity index (χ3v) is 1.47. The van der Waals surface area contributed by atoms with Crippen LogP contribution >= 0.6 is 0 Å². The summed E-state index contributed by atoms with van der Waals surface area (Å²) >= 11 is 0. The zero-order valence-electron chi connectivity index (χ0n) is 7.17. The number of nitrogens with zero attached hydrogens (tertiary/aromatic N) is 1. The van der Waals surface area contributed by atoms with E-state index in [0.29, 0.717) is 6.04 Å². The molecule has 0 aromatic carbocycles. The van der Waals surface area contributed by atoms with Gasteiger partial charge in [0, 0.05) is 0 Å². The predicted octanol–water partition coefficient (Wildman–Crippen LogP) is 2.82. The van der Waals surface area contributed by atoms with Crippen molar-refractivity contribution in [1.82, 2.24) is 0 Å². The first kappa shape index (κ1) is 9.41. The molecule has 0 saturated heterocycles. The number of hydrogen-bond acceptors (Lipinski definition) is 1. The fourth-order valence-corrected chi connectivity index (χ4v) is 0.837. The van der Waals surface area contributed by atoms with E-state index in [4.69, 9.17) is 0 Å². The van der Waals surface area contributed by atoms with E-state index < -0.39 is 0 Å². The van der Waals surface area contributed by atoms with E-state index in [0.717, 1.165) is 12.8 Å². The molecule has 0 heterocycles. The van der Waals surface area contributed by atoms with Gasteiger partial charge in [-0.3, -0.25) is 4.99 Å². The molecule has 0 amide bonds. The van der Waals surface area contributed by atoms with Crippen LogP contribution in [0.3, 0.4) is 0 Å². The second-order valence-electron chi connectivity index (χ2n) is 2.27. The van der Waals surface area contributed by atoms with Crippen molar-refractivity contribution in [1.29, 1.82) is 0 Å². The lowest BCUT2D eigenvalue weighted by Crippen LogP contribution is -1.99. The van der Waals surface area contributed by atoms with Gasteiger partial charge in [-0.2, -0.15) is 0 Å². The minimum absolute atomic E-state index is 0.501. The molecular formula is C9H17N. The molecule has 10 heavy (non-hydrogen) atoms. The van der Waals surface area contributed by atoms with Crippen molar-refractivity contribution in [2.24, 2.45) is 4.99 Å². The van der Waals surface area contributed by atoms with Gasteiger partial charge in [0.1, 0.15) is 0 Å². The van der Waals surface area contributed by atoms with Gasteiger partial charge < -0.3 is 0 Å². The third kappa shape index (κ3) is 4.30. The largest absolute Gasteiger partial charge is 0.294 e. The van der Waals surface area contributed by atoms with Crippen LogP contribution in [-0.2, 0) is 0 Å². The van der Waals surface area contributed by atoms with Gasteiger partial charge >= 0.3 is 0 Å². The van der Waals surface area contributed by atoms with Crippen LogP contribution in [0.15, 0.2) is 17.1 Å². The summed E-state index contributed by atoms with van der Waals surface area (Å²) in [5, 5.41) is 0. The molecule has 0 spiro atoms. The fourth-order valence-electron chi connectivity index (χ4n) is 0.837. The quantitative estimate of drug-likeness (QED) is 0.419. The summed E-state index contributed by atoms with van der Waals surface area (Å²) in [6, 6.07) is 0.501. The lowest BCUT2D eigenvalue weighted by molar-refractivity contribution is 0.664. The summed E-state index contributed by atoms with van der Waals surface area (Å²) in [4.78, 5) is 4.30. The first-order chi connectivity index (χ1) is 4.85. The molecule has 0 aliphatic rings. The number of allylic oxidation sites excluding steroid dienone is 1. The maximum atomic E-state index is 4.30. The standard InChI is InChI=1S/C9H17N/c1-4-7-8-9(5-2)10-6-3/h4,6-7,9H,5,8H2,1-3H3. The van der Waals surface area contributed by atoms with Gasteiger partial charge in [0.2, 0.25) is 0 Å². The van der Waals surface area contributed by atoms with Gasteiger partial charge in [0.05, 0.1) is 6.04 Å². The Hall–Kier alpha value is -0.590. The monoisotopic (exact) mass is 139 g/mol. The third-order valence-electron chi connectivity index (χ3n) is 1.47. The van der Waals surface area contributed by atoms with Crippen LogP contribution in [0.5, 0.6) is 0 Å². The van der Waals surface area contributed by atoms with E-state index in [2.05, 4.69) is 24.1 Å². The smallest absolute Gasteiger partial charge is 0.0527 e. The average Bonchev–Trinajstić information content (AvgIpc) is 1.98. The Labute approximate surface area is 63.9 Å². The minimum Gasteiger partial charge on any atom is -0.294 e. The lowest BCUT2D eigenvalue weighted by atomic mass is 10.1. The molecule has 0 aliphatic heterocycles. The SMILES string of the molecule is CC=CCC(CC)N=CC. The minimum atomic E-state index is 0.501. The molecule has 0 rings (SSSR count). The Bertz CT molecular complexity index is 114. The van der Waals surface area contributed by atoms with E-state index >= 15 is 0 Å². The van der Waals surface area contributed by atoms with Crippen LogP contribution in [0.25, 0.3) is 0 Å². The van der Waals surface area contributed by atoms with Gasteiger partial charge in [0.25, 0.3) is 0 Å². The van der Waals surface area contributed by atoms with Crippen molar-refractivity contribution in [3.63, 3.8) is 0 Å². The van der Waals surface area contributed by atoms with Gasteiger partial charge in [-0.15, -0.1) is 0 Å². The van der Waals surface area contributed by atoms with Crippen LogP contribution in [0.1, 0.15) is 33.6 Å². The molecule has 0 fully saturated rings. The summed E-state index contributed by atoms with van der Waals surface area (Å²) in [5.74, 6) is 0. The van der Waals surface area contributed by atoms with Crippen LogP contribution in [0, 0.1) is 0 Å². The maximum absolute atomic E-state index is 4.30. The molecule has 0 aromatic heterocycles. The van der Waals surface area contributed by atoms with Gasteiger partial charge in [-0.1, -0.05) is 19.1 Å². The maximum Gasteiger partial charge on any atom is 0.0527 e. The van der Waals surface area contributed by atoms with Crippen LogP contribution in [0.4, 0.5) is 0 Å². The zero-order valence-corrected chi connectivity index (χ0v) is 7.17. The Balaban J connectivity index is 3.60. The van der Waals surface area contributed by atoms with Crippen LogP contribution in [-0.4, -0.2) is 12.3 Å². The molecule has 0 aromatic rings. The second-order valence-corrected chi connectivity index (χ2v) is 2.27. The molecule has 0 saturated carbocycles. The summed E-state index contributed by atoms with van der Waals surface area (Å²) < 4.78 is 0. The summed E-state index contributed by atoms with van der Waals surface area (Å²) in [6.07, 6.45) is 8.35. The molecule has 0 N–H and O–H groups in total. The average molecular weight is 139 g/mol. The molecular weight excluding hydrogens is 122 g/mol. The van der Waals surface area contributed by atoms with Gasteiger partial charge in [0.15, 0.2) is 0 Å². The highest BCUT2D eigenvalue weighted by molar-refractivity contribution is 5.53. The highest BCUT2D eigenvalue weighted by Crippen LogP contribution is 2.02. The molecule has 58 valence electrons. The first-order valence-electron chi connectivity index (χ1n) is 3.94. The Morgan fingerprint density at radius 3 is 2.50 bits per heavy atom. The second kappa shape index (κ2) is 6.53. The number of rotatable bonds is 4. The zero-order chi connectivity index (χ0) is 7.82. The van der Waals surface area contributed by atoms with E-state index in [1.807, 2.05) is 20.1 Å². The van der Waals surface area contributed by atoms with Crippen molar-refractivity contribution in [2.75, 3.05) is 0 Å². The topological polar surface area (TPSA) is 12.4 Å². The molecule has 1 atom stereocenters. The highest BCUT2D eigenvalue weighted by atomic mass is 14.7. The van der Waals surface area contributed by atoms with Crippen molar-refractivity contribution in [3.05, 3.63) is 12.2 Å². The molecule has 0 aliphatic carbocycles. The van der Waals surface area contributed by atoms with Crippen molar-refractivity contribution >= 4 is 6.21 Å². The van der Waals surface area contributed by atoms with E-state index in [9.17, 15) is 0 Å². The van der Waals surface area contributed by atoms with E-state index in [1.54, 1.807) is 0 Å². The molecule has 0 bridgehead atoms. The fraction of sp³-hybridized carbons (Fsp3) is 0.667. The highest BCUT2D eigenvalue weighted by Gasteiger charge is 1.96. The molecule has 1 heteroatoms. The van der Waals surface area contributed by atoms with Crippen molar-refractivity contribution in [2.45, 2.75) is 39.7 Å². The summed E-state index contributed by atoms with van der Waals surface area (Å²) in [6.45, 7) is 6.18. The van der Waals surface area contributed by atoms with E-state index in [1.165, 1.54) is 0 Å². The molecule has 1 nitrogen and oxygen atoms in total. The van der Waals surface area contributed by atoms with Crippen LogP contribution in [0.2, 0.25) is 0 Å². The summed E-state index contributed by atoms with van der Waals surface area (Å²) in [5.41, 5.74) is 0. The lowest BCUT2D eigenvalue weighted by Gasteiger charge is -2.04. The summed E-state index contributed by atoms with van der Waals surface area (Å²) in [7, 11) is 0. The van der Waals surface area contributed by atoms with Crippen molar-refractivity contribution < 1.29 is 0 Å². The Morgan fingerprint density at radius 1 is 1.40 bits per heavy atom.